The summed E-state index contributed by atoms with van der Waals surface area (Å²) in [6.07, 6.45) is 10.4. The minimum absolute atomic E-state index is 0.352. The minimum Gasteiger partial charge on any atom is -0.371 e. The molecule has 0 aliphatic carbocycles. The first-order valence-corrected chi connectivity index (χ1v) is 11.2. The minimum atomic E-state index is 0.352. The van der Waals surface area contributed by atoms with E-state index in [0.717, 1.165) is 32.0 Å². The van der Waals surface area contributed by atoms with E-state index in [0.29, 0.717) is 12.3 Å². The van der Waals surface area contributed by atoms with Gasteiger partial charge < -0.3 is 14.7 Å². The lowest BCUT2D eigenvalue weighted by molar-refractivity contribution is -0.130. The topological polar surface area (TPSA) is 26.8 Å². The van der Waals surface area contributed by atoms with Crippen molar-refractivity contribution in [1.82, 2.24) is 9.80 Å². The molecule has 1 aromatic rings. The van der Waals surface area contributed by atoms with Gasteiger partial charge >= 0.3 is 0 Å². The Morgan fingerprint density at radius 1 is 0.852 bits per heavy atom. The van der Waals surface area contributed by atoms with Crippen molar-refractivity contribution in [3.8, 4) is 0 Å². The number of benzene rings is 1. The van der Waals surface area contributed by atoms with Crippen LogP contribution in [0.5, 0.6) is 0 Å². The third-order valence-electron chi connectivity index (χ3n) is 6.74. The van der Waals surface area contributed by atoms with Gasteiger partial charge in [0.05, 0.1) is 0 Å². The van der Waals surface area contributed by atoms with Gasteiger partial charge in [0.15, 0.2) is 0 Å². The lowest BCUT2D eigenvalue weighted by Gasteiger charge is -2.37. The number of likely N-dealkylation sites (tertiary alicyclic amines) is 2. The van der Waals surface area contributed by atoms with E-state index in [1.165, 1.54) is 76.0 Å². The molecule has 3 fully saturated rings. The van der Waals surface area contributed by atoms with Crippen molar-refractivity contribution < 1.29 is 4.79 Å². The maximum Gasteiger partial charge on any atom is 0.222 e. The van der Waals surface area contributed by atoms with Crippen LogP contribution in [-0.2, 0) is 11.2 Å². The first-order chi connectivity index (χ1) is 13.3. The molecule has 3 aliphatic heterocycles. The highest BCUT2D eigenvalue weighted by Gasteiger charge is 2.26. The first-order valence-electron chi connectivity index (χ1n) is 11.2. The van der Waals surface area contributed by atoms with Gasteiger partial charge in [0, 0.05) is 44.3 Å². The molecule has 0 radical (unpaired) electrons. The van der Waals surface area contributed by atoms with E-state index in [2.05, 4.69) is 34.1 Å². The number of carbonyl (C=O) groups excluding carboxylic acids is 1. The Morgan fingerprint density at radius 2 is 1.48 bits per heavy atom. The molecular weight excluding hydrogens is 334 g/mol. The zero-order valence-electron chi connectivity index (χ0n) is 16.7. The van der Waals surface area contributed by atoms with Gasteiger partial charge in [-0.1, -0.05) is 12.1 Å². The Labute approximate surface area is 164 Å². The number of hydrogen-bond donors (Lipinski definition) is 0. The van der Waals surface area contributed by atoms with E-state index in [4.69, 9.17) is 0 Å². The Hall–Kier alpha value is -1.55. The lowest BCUT2D eigenvalue weighted by atomic mass is 10.0. The quantitative estimate of drug-likeness (QED) is 0.765. The third-order valence-corrected chi connectivity index (χ3v) is 6.74. The summed E-state index contributed by atoms with van der Waals surface area (Å²) in [7, 11) is 0. The highest BCUT2D eigenvalue weighted by Crippen LogP contribution is 2.25. The van der Waals surface area contributed by atoms with Crippen LogP contribution >= 0.6 is 0 Å². The van der Waals surface area contributed by atoms with Crippen molar-refractivity contribution in [3.05, 3.63) is 29.8 Å². The Balaban J connectivity index is 1.20. The number of amides is 1. The van der Waals surface area contributed by atoms with E-state index in [1.807, 2.05) is 4.90 Å². The van der Waals surface area contributed by atoms with Crippen LogP contribution in [0.1, 0.15) is 56.9 Å². The highest BCUT2D eigenvalue weighted by molar-refractivity contribution is 5.76. The van der Waals surface area contributed by atoms with Gasteiger partial charge in [-0.05, 0) is 82.2 Å². The molecular formula is C23H35N3O. The smallest absolute Gasteiger partial charge is 0.222 e. The van der Waals surface area contributed by atoms with Crippen molar-refractivity contribution in [2.24, 2.45) is 0 Å². The molecule has 3 heterocycles. The summed E-state index contributed by atoms with van der Waals surface area (Å²) in [4.78, 5) is 19.4. The van der Waals surface area contributed by atoms with E-state index in [-0.39, 0.29) is 0 Å². The normalized spacial score (nSPS) is 21.9. The summed E-state index contributed by atoms with van der Waals surface area (Å²) < 4.78 is 0. The van der Waals surface area contributed by atoms with Crippen LogP contribution in [0.15, 0.2) is 24.3 Å². The second-order valence-electron chi connectivity index (χ2n) is 8.57. The van der Waals surface area contributed by atoms with Crippen molar-refractivity contribution in [2.45, 2.75) is 63.8 Å². The fourth-order valence-corrected chi connectivity index (χ4v) is 5.04. The van der Waals surface area contributed by atoms with E-state index in [1.54, 1.807) is 0 Å². The number of hydrogen-bond acceptors (Lipinski definition) is 3. The molecule has 0 saturated carbocycles. The van der Waals surface area contributed by atoms with Gasteiger partial charge in [-0.3, -0.25) is 4.79 Å². The van der Waals surface area contributed by atoms with E-state index in [9.17, 15) is 4.79 Å². The monoisotopic (exact) mass is 369 g/mol. The molecule has 1 amide bonds. The summed E-state index contributed by atoms with van der Waals surface area (Å²) in [6.45, 7) is 6.96. The molecule has 0 aromatic heterocycles. The molecule has 4 nitrogen and oxygen atoms in total. The third kappa shape index (κ3) is 4.84. The number of nitrogens with zero attached hydrogens (tertiary/aromatic N) is 3. The van der Waals surface area contributed by atoms with E-state index < -0.39 is 0 Å². The predicted molar refractivity (Wildman–Crippen MR) is 111 cm³/mol. The molecule has 148 valence electrons. The Kier molecular flexibility index (Phi) is 6.33. The Morgan fingerprint density at radius 3 is 2.15 bits per heavy atom. The number of carbonyl (C=O) groups is 1. The molecule has 4 heteroatoms. The van der Waals surface area contributed by atoms with Gasteiger partial charge in [0.2, 0.25) is 5.91 Å². The van der Waals surface area contributed by atoms with Crippen LogP contribution in [-0.4, -0.2) is 61.0 Å². The number of rotatable bonds is 6. The molecule has 0 bridgehead atoms. The fourth-order valence-electron chi connectivity index (χ4n) is 5.04. The van der Waals surface area contributed by atoms with Crippen LogP contribution in [0.3, 0.4) is 0 Å². The molecule has 1 aromatic carbocycles. The van der Waals surface area contributed by atoms with Gasteiger partial charge in [0.1, 0.15) is 0 Å². The maximum absolute atomic E-state index is 12.1. The fraction of sp³-hybridized carbons (Fsp3) is 0.696. The van der Waals surface area contributed by atoms with Crippen LogP contribution in [0.2, 0.25) is 0 Å². The molecule has 3 saturated heterocycles. The largest absolute Gasteiger partial charge is 0.371 e. The maximum atomic E-state index is 12.1. The second kappa shape index (κ2) is 9.09. The highest BCUT2D eigenvalue weighted by atomic mass is 16.2. The number of aryl methyl sites for hydroxylation is 1. The predicted octanol–water partition coefficient (Wildman–Crippen LogP) is 3.70. The Bertz CT molecular complexity index is 595. The molecule has 4 rings (SSSR count). The van der Waals surface area contributed by atoms with Gasteiger partial charge in [-0.2, -0.15) is 0 Å². The molecule has 0 unspecified atom stereocenters. The summed E-state index contributed by atoms with van der Waals surface area (Å²) in [5, 5.41) is 0. The van der Waals surface area contributed by atoms with E-state index >= 15 is 0 Å². The average molecular weight is 370 g/mol. The summed E-state index contributed by atoms with van der Waals surface area (Å²) in [5.41, 5.74) is 2.73. The zero-order chi connectivity index (χ0) is 18.5. The summed E-state index contributed by atoms with van der Waals surface area (Å²) >= 11 is 0. The SMILES string of the molecule is O=C(CCCc1ccc(N2CCC(N3CCCC3)CC2)cc1)N1CCCC1. The van der Waals surface area contributed by atoms with Crippen LogP contribution in [0, 0.1) is 0 Å². The summed E-state index contributed by atoms with van der Waals surface area (Å²) in [6, 6.07) is 9.92. The first kappa shape index (κ1) is 18.8. The molecule has 27 heavy (non-hydrogen) atoms. The molecule has 0 N–H and O–H groups in total. The van der Waals surface area contributed by atoms with Crippen LogP contribution in [0.25, 0.3) is 0 Å². The van der Waals surface area contributed by atoms with Crippen LogP contribution in [0.4, 0.5) is 5.69 Å². The van der Waals surface area contributed by atoms with Gasteiger partial charge in [-0.15, -0.1) is 0 Å². The van der Waals surface area contributed by atoms with Crippen molar-refractivity contribution >= 4 is 11.6 Å². The second-order valence-corrected chi connectivity index (χ2v) is 8.57. The van der Waals surface area contributed by atoms with Crippen LogP contribution < -0.4 is 4.90 Å². The molecule has 0 spiro atoms. The van der Waals surface area contributed by atoms with Crippen molar-refractivity contribution in [2.75, 3.05) is 44.2 Å². The standard InChI is InChI=1S/C23H35N3O/c27-23(26-16-3-4-17-26)7-5-6-20-8-10-21(11-9-20)25-18-12-22(13-19-25)24-14-1-2-15-24/h8-11,22H,1-7,12-19H2. The van der Waals surface area contributed by atoms with Gasteiger partial charge in [-0.25, -0.2) is 0 Å². The van der Waals surface area contributed by atoms with Crippen molar-refractivity contribution in [1.29, 1.82) is 0 Å². The lowest BCUT2D eigenvalue weighted by Crippen LogP contribution is -2.43. The zero-order valence-corrected chi connectivity index (χ0v) is 16.7. The van der Waals surface area contributed by atoms with Crippen molar-refractivity contribution in [3.63, 3.8) is 0 Å². The molecule has 3 aliphatic rings. The molecule has 0 atom stereocenters. The number of piperidine rings is 1. The summed E-state index contributed by atoms with van der Waals surface area (Å²) in [5.74, 6) is 0.352. The van der Waals surface area contributed by atoms with Gasteiger partial charge in [0.25, 0.3) is 0 Å². The number of anilines is 1. The average Bonchev–Trinajstić information content (AvgIpc) is 3.43.